The van der Waals surface area contributed by atoms with Gasteiger partial charge in [0.2, 0.25) is 5.16 Å². The van der Waals surface area contributed by atoms with Gasteiger partial charge in [0.05, 0.1) is 0 Å². The third kappa shape index (κ3) is 3.14. The van der Waals surface area contributed by atoms with Crippen LogP contribution in [0.3, 0.4) is 0 Å². The molecule has 0 amide bonds. The van der Waals surface area contributed by atoms with E-state index in [2.05, 4.69) is 10.2 Å². The van der Waals surface area contributed by atoms with E-state index in [0.29, 0.717) is 21.2 Å². The zero-order valence-corrected chi connectivity index (χ0v) is 13.5. The molecule has 2 aromatic heterocycles. The summed E-state index contributed by atoms with van der Waals surface area (Å²) < 4.78 is 43.5. The minimum Gasteiger partial charge on any atom is -0.508 e. The Labute approximate surface area is 142 Å². The van der Waals surface area contributed by atoms with Crippen molar-refractivity contribution in [2.75, 3.05) is 5.84 Å². The fraction of sp³-hybridized carbons (Fsp3) is 0.214. The summed E-state index contributed by atoms with van der Waals surface area (Å²) in [6, 6.07) is 4.23. The van der Waals surface area contributed by atoms with Crippen molar-refractivity contribution in [2.24, 2.45) is 0 Å². The number of aryl methyl sites for hydroxylation is 1. The first-order valence-electron chi connectivity index (χ1n) is 6.84. The molecule has 3 N–H and O–H groups in total. The number of aromatic hydroxyl groups is 1. The van der Waals surface area contributed by atoms with Crippen molar-refractivity contribution in [2.45, 2.75) is 24.0 Å². The Kier molecular flexibility index (Phi) is 4.11. The summed E-state index contributed by atoms with van der Waals surface area (Å²) in [5.74, 6) is 4.15. The van der Waals surface area contributed by atoms with Crippen molar-refractivity contribution >= 4 is 22.7 Å². The molecule has 25 heavy (non-hydrogen) atoms. The van der Waals surface area contributed by atoms with E-state index in [9.17, 15) is 23.1 Å². The summed E-state index contributed by atoms with van der Waals surface area (Å²) in [7, 11) is 0. The Morgan fingerprint density at radius 1 is 1.36 bits per heavy atom. The van der Waals surface area contributed by atoms with Gasteiger partial charge in [-0.1, -0.05) is 11.8 Å². The lowest BCUT2D eigenvalue weighted by molar-refractivity contribution is -0.146. The van der Waals surface area contributed by atoms with Gasteiger partial charge in [-0.2, -0.15) is 13.2 Å². The maximum atomic E-state index is 12.7. The second kappa shape index (κ2) is 5.99. The predicted molar refractivity (Wildman–Crippen MR) is 83.6 cm³/mol. The summed E-state index contributed by atoms with van der Waals surface area (Å²) in [5, 5.41) is 16.6. The number of fused-ring (bicyclic) bond motifs is 1. The van der Waals surface area contributed by atoms with Crippen LogP contribution in [0.1, 0.15) is 17.0 Å². The van der Waals surface area contributed by atoms with Crippen LogP contribution < -0.4 is 11.5 Å². The number of hydrogen-bond donors (Lipinski definition) is 2. The quantitative estimate of drug-likeness (QED) is 0.413. The first-order chi connectivity index (χ1) is 11.7. The molecule has 0 aliphatic rings. The van der Waals surface area contributed by atoms with E-state index in [0.717, 1.165) is 11.8 Å². The Morgan fingerprint density at radius 2 is 2.08 bits per heavy atom. The summed E-state index contributed by atoms with van der Waals surface area (Å²) in [6.07, 6.45) is -4.71. The van der Waals surface area contributed by atoms with Crippen LogP contribution in [-0.2, 0) is 11.9 Å². The molecule has 0 aliphatic carbocycles. The molecule has 0 saturated heterocycles. The SMILES string of the molecule is Cc1c(O)ccc2c(CSc3nnc(C(F)(F)F)n3N)cc(=O)oc12. The molecule has 0 saturated carbocycles. The van der Waals surface area contributed by atoms with Gasteiger partial charge >= 0.3 is 11.8 Å². The Morgan fingerprint density at radius 3 is 2.72 bits per heavy atom. The average molecular weight is 372 g/mol. The van der Waals surface area contributed by atoms with Gasteiger partial charge in [-0.15, -0.1) is 10.2 Å². The van der Waals surface area contributed by atoms with Crippen LogP contribution in [0.4, 0.5) is 13.2 Å². The number of hydrogen-bond acceptors (Lipinski definition) is 7. The number of aromatic nitrogens is 3. The molecular formula is C14H11F3N4O3S. The fourth-order valence-electron chi connectivity index (χ4n) is 2.25. The van der Waals surface area contributed by atoms with Gasteiger partial charge < -0.3 is 15.4 Å². The normalized spacial score (nSPS) is 12.0. The van der Waals surface area contributed by atoms with Gasteiger partial charge in [0.25, 0.3) is 5.82 Å². The zero-order chi connectivity index (χ0) is 18.4. The minimum absolute atomic E-state index is 0.0306. The van der Waals surface area contributed by atoms with Crippen LogP contribution in [0, 0.1) is 6.92 Å². The second-order valence-electron chi connectivity index (χ2n) is 5.14. The number of nitrogens with two attached hydrogens (primary N) is 1. The van der Waals surface area contributed by atoms with Gasteiger partial charge in [0, 0.05) is 22.8 Å². The predicted octanol–water partition coefficient (Wildman–Crippen LogP) is 2.42. The number of nitrogens with zero attached hydrogens (tertiary/aromatic N) is 3. The Balaban J connectivity index is 1.96. The molecule has 11 heteroatoms. The second-order valence-corrected chi connectivity index (χ2v) is 6.08. The standard InChI is InChI=1S/C14H11F3N4O3S/c1-6-9(22)3-2-8-7(4-10(23)24-11(6)8)5-25-13-20-19-12(21(13)18)14(15,16)17/h2-4,22H,5,18H2,1H3. The van der Waals surface area contributed by atoms with E-state index in [1.807, 2.05) is 0 Å². The zero-order valence-electron chi connectivity index (χ0n) is 12.7. The Bertz CT molecular complexity index is 1010. The van der Waals surface area contributed by atoms with Crippen molar-refractivity contribution in [3.05, 3.63) is 45.6 Å². The molecule has 132 valence electrons. The third-order valence-electron chi connectivity index (χ3n) is 3.49. The maximum Gasteiger partial charge on any atom is 0.453 e. The maximum absolute atomic E-state index is 12.7. The molecule has 1 aromatic carbocycles. The van der Waals surface area contributed by atoms with E-state index in [4.69, 9.17) is 10.3 Å². The highest BCUT2D eigenvalue weighted by Crippen LogP contribution is 2.32. The molecule has 0 fully saturated rings. The van der Waals surface area contributed by atoms with Gasteiger partial charge in [-0.05, 0) is 24.6 Å². The third-order valence-corrected chi connectivity index (χ3v) is 4.48. The summed E-state index contributed by atoms with van der Waals surface area (Å²) >= 11 is 0.892. The summed E-state index contributed by atoms with van der Waals surface area (Å²) in [6.45, 7) is 1.59. The highest BCUT2D eigenvalue weighted by molar-refractivity contribution is 7.98. The molecule has 0 unspecified atom stereocenters. The molecule has 0 radical (unpaired) electrons. The molecule has 0 bridgehead atoms. The lowest BCUT2D eigenvalue weighted by Crippen LogP contribution is -2.21. The molecular weight excluding hydrogens is 361 g/mol. The van der Waals surface area contributed by atoms with Crippen LogP contribution in [0.5, 0.6) is 5.75 Å². The topological polar surface area (TPSA) is 107 Å². The minimum atomic E-state index is -4.71. The smallest absolute Gasteiger partial charge is 0.453 e. The van der Waals surface area contributed by atoms with Crippen LogP contribution in [0.15, 0.2) is 32.6 Å². The molecule has 0 aliphatic heterocycles. The van der Waals surface area contributed by atoms with Crippen LogP contribution >= 0.6 is 11.8 Å². The molecule has 2 heterocycles. The van der Waals surface area contributed by atoms with E-state index < -0.39 is 17.6 Å². The van der Waals surface area contributed by atoms with Gasteiger partial charge in [-0.3, -0.25) is 0 Å². The summed E-state index contributed by atoms with van der Waals surface area (Å²) in [5.41, 5.74) is 0.481. The first kappa shape index (κ1) is 17.1. The number of halogens is 3. The molecule has 3 rings (SSSR count). The van der Waals surface area contributed by atoms with E-state index in [-0.39, 0.29) is 22.2 Å². The number of phenolic OH excluding ortho intramolecular Hbond substituents is 1. The number of thioether (sulfide) groups is 1. The van der Waals surface area contributed by atoms with Crippen LogP contribution in [0.2, 0.25) is 0 Å². The van der Waals surface area contributed by atoms with Crippen molar-refractivity contribution in [1.29, 1.82) is 0 Å². The highest BCUT2D eigenvalue weighted by atomic mass is 32.2. The number of alkyl halides is 3. The van der Waals surface area contributed by atoms with E-state index >= 15 is 0 Å². The van der Waals surface area contributed by atoms with Gasteiger partial charge in [0.1, 0.15) is 11.3 Å². The number of rotatable bonds is 3. The van der Waals surface area contributed by atoms with Gasteiger partial charge in [-0.25, -0.2) is 9.47 Å². The molecule has 0 spiro atoms. The van der Waals surface area contributed by atoms with Crippen LogP contribution in [0.25, 0.3) is 11.0 Å². The van der Waals surface area contributed by atoms with Crippen molar-refractivity contribution < 1.29 is 22.7 Å². The highest BCUT2D eigenvalue weighted by Gasteiger charge is 2.38. The first-order valence-corrected chi connectivity index (χ1v) is 7.83. The van der Waals surface area contributed by atoms with Crippen molar-refractivity contribution in [1.82, 2.24) is 14.9 Å². The largest absolute Gasteiger partial charge is 0.508 e. The average Bonchev–Trinajstić information content (AvgIpc) is 2.90. The number of nitrogen functional groups attached to an aromatic ring is 1. The molecule has 3 aromatic rings. The monoisotopic (exact) mass is 372 g/mol. The summed E-state index contributed by atoms with van der Waals surface area (Å²) in [4.78, 5) is 11.7. The lowest BCUT2D eigenvalue weighted by Gasteiger charge is -2.08. The lowest BCUT2D eigenvalue weighted by atomic mass is 10.1. The number of benzene rings is 1. The fourth-order valence-corrected chi connectivity index (χ4v) is 3.09. The van der Waals surface area contributed by atoms with Gasteiger partial charge in [0.15, 0.2) is 0 Å². The van der Waals surface area contributed by atoms with E-state index in [1.54, 1.807) is 13.0 Å². The Hall–Kier alpha value is -2.69. The van der Waals surface area contributed by atoms with Crippen molar-refractivity contribution in [3.63, 3.8) is 0 Å². The van der Waals surface area contributed by atoms with E-state index in [1.165, 1.54) is 12.1 Å². The van der Waals surface area contributed by atoms with Crippen molar-refractivity contribution in [3.8, 4) is 5.75 Å². The molecule has 0 atom stereocenters. The van der Waals surface area contributed by atoms with Crippen LogP contribution in [-0.4, -0.2) is 20.0 Å². The number of phenols is 1. The molecule has 7 nitrogen and oxygen atoms in total.